The highest BCUT2D eigenvalue weighted by atomic mass is 32.2. The van der Waals surface area contributed by atoms with Crippen LogP contribution < -0.4 is 10.6 Å². The van der Waals surface area contributed by atoms with Crippen molar-refractivity contribution < 1.29 is 18.0 Å². The summed E-state index contributed by atoms with van der Waals surface area (Å²) in [5.41, 5.74) is -4.93. The minimum atomic E-state index is -4.24. The molecule has 0 spiro atoms. The first kappa shape index (κ1) is 16.6. The zero-order valence-corrected chi connectivity index (χ0v) is 12.0. The van der Waals surface area contributed by atoms with Gasteiger partial charge in [-0.25, -0.2) is 0 Å². The molecule has 112 valence electrons. The summed E-state index contributed by atoms with van der Waals surface area (Å²) < 4.78 is 35.8. The van der Waals surface area contributed by atoms with Gasteiger partial charge in [0.1, 0.15) is 0 Å². The number of alkyl halides is 3. The lowest BCUT2D eigenvalue weighted by Crippen LogP contribution is -2.60. The van der Waals surface area contributed by atoms with Crippen LogP contribution in [0.4, 0.5) is 13.2 Å². The molecule has 0 aromatic heterocycles. The molecule has 1 saturated heterocycles. The van der Waals surface area contributed by atoms with E-state index in [1.165, 1.54) is 0 Å². The summed E-state index contributed by atoms with van der Waals surface area (Å²) >= 11 is -0.117. The van der Waals surface area contributed by atoms with Gasteiger partial charge in [-0.2, -0.15) is 13.2 Å². The molecular weight excluding hydrogens is 279 g/mol. The molecule has 19 heavy (non-hydrogen) atoms. The highest BCUT2D eigenvalue weighted by Crippen LogP contribution is 2.29. The number of piperazine rings is 1. The van der Waals surface area contributed by atoms with Gasteiger partial charge in [0.2, 0.25) is 5.91 Å². The van der Waals surface area contributed by atoms with Crippen LogP contribution in [0.1, 0.15) is 13.8 Å². The number of hydrogen-bond donors (Lipinski definition) is 2. The summed E-state index contributed by atoms with van der Waals surface area (Å²) in [6.45, 7) is 6.78. The Balaban J connectivity index is 2.34. The van der Waals surface area contributed by atoms with E-state index in [4.69, 9.17) is 0 Å². The predicted molar refractivity (Wildman–Crippen MR) is 70.0 cm³/mol. The molecule has 0 aromatic rings. The van der Waals surface area contributed by atoms with Crippen molar-refractivity contribution in [3.63, 3.8) is 0 Å². The highest BCUT2D eigenvalue weighted by Gasteiger charge is 2.35. The Kier molecular flexibility index (Phi) is 5.94. The molecule has 1 aliphatic rings. The first-order valence-corrected chi connectivity index (χ1v) is 7.17. The van der Waals surface area contributed by atoms with E-state index in [1.807, 2.05) is 4.90 Å². The van der Waals surface area contributed by atoms with Crippen molar-refractivity contribution in [2.75, 3.05) is 38.5 Å². The normalized spacial score (nSPS) is 18.4. The smallest absolute Gasteiger partial charge is 0.354 e. The van der Waals surface area contributed by atoms with Crippen molar-refractivity contribution in [1.29, 1.82) is 0 Å². The minimum absolute atomic E-state index is 0.0263. The van der Waals surface area contributed by atoms with E-state index in [9.17, 15) is 18.0 Å². The Bertz CT molecular complexity index is 304. The molecule has 0 radical (unpaired) electrons. The van der Waals surface area contributed by atoms with Gasteiger partial charge in [0, 0.05) is 38.5 Å². The predicted octanol–water partition coefficient (Wildman–Crippen LogP) is 1.04. The number of nitrogens with zero attached hydrogens (tertiary/aromatic N) is 1. The van der Waals surface area contributed by atoms with Crippen LogP contribution in [-0.4, -0.2) is 60.3 Å². The number of carbonyl (C=O) groups is 1. The second-order valence-corrected chi connectivity index (χ2v) is 6.01. The maximum atomic E-state index is 12.0. The summed E-state index contributed by atoms with van der Waals surface area (Å²) in [5, 5.41) is 5.76. The van der Waals surface area contributed by atoms with Crippen LogP contribution in [0.3, 0.4) is 0 Å². The Morgan fingerprint density at radius 3 is 2.42 bits per heavy atom. The van der Waals surface area contributed by atoms with Crippen LogP contribution in [0.15, 0.2) is 0 Å². The number of nitrogens with one attached hydrogen (secondary N) is 2. The summed E-state index contributed by atoms with van der Waals surface area (Å²) in [6.07, 6.45) is 0. The molecule has 2 N–H and O–H groups in total. The van der Waals surface area contributed by atoms with Crippen molar-refractivity contribution >= 4 is 17.7 Å². The molecular formula is C11H20F3N3OS. The number of thioether (sulfide) groups is 1. The first-order chi connectivity index (χ1) is 8.73. The lowest BCUT2D eigenvalue weighted by Gasteiger charge is -2.39. The molecule has 1 heterocycles. The zero-order valence-electron chi connectivity index (χ0n) is 11.1. The highest BCUT2D eigenvalue weighted by molar-refractivity contribution is 8.00. The van der Waals surface area contributed by atoms with Crippen LogP contribution in [0.5, 0.6) is 0 Å². The summed E-state index contributed by atoms with van der Waals surface area (Å²) in [6, 6.07) is 0. The Morgan fingerprint density at radius 2 is 1.89 bits per heavy atom. The molecule has 0 aliphatic carbocycles. The lowest BCUT2D eigenvalue weighted by atomic mass is 10.0. The third-order valence-corrected chi connectivity index (χ3v) is 3.85. The number of amides is 1. The van der Waals surface area contributed by atoms with Crippen LogP contribution >= 0.6 is 11.8 Å². The quantitative estimate of drug-likeness (QED) is 0.745. The van der Waals surface area contributed by atoms with Gasteiger partial charge in [0.05, 0.1) is 5.54 Å². The second-order valence-electron chi connectivity index (χ2n) is 4.85. The average molecular weight is 299 g/mol. The molecule has 1 amide bonds. The Hall–Kier alpha value is -0.470. The van der Waals surface area contributed by atoms with Crippen LogP contribution in [0.25, 0.3) is 0 Å². The van der Waals surface area contributed by atoms with E-state index in [2.05, 4.69) is 10.6 Å². The molecule has 4 nitrogen and oxygen atoms in total. The van der Waals surface area contributed by atoms with Gasteiger partial charge in [-0.15, -0.1) is 0 Å². The average Bonchev–Trinajstić information content (AvgIpc) is 2.34. The topological polar surface area (TPSA) is 44.4 Å². The van der Waals surface area contributed by atoms with E-state index in [-0.39, 0.29) is 30.0 Å². The number of hydrogen-bond acceptors (Lipinski definition) is 4. The fourth-order valence-corrected chi connectivity index (χ4v) is 2.35. The monoisotopic (exact) mass is 299 g/mol. The molecule has 0 atom stereocenters. The van der Waals surface area contributed by atoms with Gasteiger partial charge in [-0.05, 0) is 25.6 Å². The molecule has 0 bridgehead atoms. The van der Waals surface area contributed by atoms with Crippen molar-refractivity contribution in [3.8, 4) is 0 Å². The van der Waals surface area contributed by atoms with Crippen molar-refractivity contribution in [1.82, 2.24) is 15.5 Å². The van der Waals surface area contributed by atoms with Crippen molar-refractivity contribution in [3.05, 3.63) is 0 Å². The Labute approximate surface area is 115 Å². The Morgan fingerprint density at radius 1 is 1.32 bits per heavy atom. The van der Waals surface area contributed by atoms with Gasteiger partial charge in [0.25, 0.3) is 0 Å². The molecule has 0 unspecified atom stereocenters. The minimum Gasteiger partial charge on any atom is -0.354 e. The summed E-state index contributed by atoms with van der Waals surface area (Å²) in [4.78, 5) is 14.1. The number of carbonyl (C=O) groups excluding carboxylic acids is 1. The second kappa shape index (κ2) is 6.81. The van der Waals surface area contributed by atoms with E-state index in [0.717, 1.165) is 26.2 Å². The van der Waals surface area contributed by atoms with Crippen molar-refractivity contribution in [2.24, 2.45) is 0 Å². The van der Waals surface area contributed by atoms with E-state index < -0.39 is 11.0 Å². The largest absolute Gasteiger partial charge is 0.441 e. The first-order valence-electron chi connectivity index (χ1n) is 6.18. The lowest BCUT2D eigenvalue weighted by molar-refractivity contribution is -0.132. The fourth-order valence-electron chi connectivity index (χ4n) is 1.92. The number of rotatable bonds is 5. The van der Waals surface area contributed by atoms with Crippen LogP contribution in [-0.2, 0) is 4.79 Å². The van der Waals surface area contributed by atoms with Crippen LogP contribution in [0, 0.1) is 0 Å². The molecule has 0 saturated carbocycles. The van der Waals surface area contributed by atoms with Crippen molar-refractivity contribution in [2.45, 2.75) is 24.9 Å². The summed E-state index contributed by atoms with van der Waals surface area (Å²) in [5.74, 6) is -0.385. The van der Waals surface area contributed by atoms with Crippen LogP contribution in [0.2, 0.25) is 0 Å². The third-order valence-electron chi connectivity index (χ3n) is 3.12. The van der Waals surface area contributed by atoms with Gasteiger partial charge in [-0.3, -0.25) is 9.69 Å². The molecule has 8 heteroatoms. The third kappa shape index (κ3) is 5.58. The number of halogens is 3. The fraction of sp³-hybridized carbons (Fsp3) is 0.909. The van der Waals surface area contributed by atoms with Gasteiger partial charge in [0.15, 0.2) is 0 Å². The van der Waals surface area contributed by atoms with Gasteiger partial charge >= 0.3 is 5.51 Å². The molecule has 0 aromatic carbocycles. The van der Waals surface area contributed by atoms with E-state index in [0.29, 0.717) is 0 Å². The van der Waals surface area contributed by atoms with E-state index >= 15 is 0 Å². The zero-order chi connectivity index (χ0) is 14.5. The maximum absolute atomic E-state index is 12.0. The molecule has 1 rings (SSSR count). The SMILES string of the molecule is CC(C)(C(=O)NCCSC(F)(F)F)N1CCNCC1. The van der Waals surface area contributed by atoms with Gasteiger partial charge < -0.3 is 10.6 Å². The summed E-state index contributed by atoms with van der Waals surface area (Å²) in [7, 11) is 0. The molecule has 1 fully saturated rings. The maximum Gasteiger partial charge on any atom is 0.441 e. The standard InChI is InChI=1S/C11H20F3N3OS/c1-10(2,17-6-3-15-4-7-17)9(18)16-5-8-19-11(12,13)14/h15H,3-8H2,1-2H3,(H,16,18). The molecule has 1 aliphatic heterocycles. The van der Waals surface area contributed by atoms with Gasteiger partial charge in [-0.1, -0.05) is 0 Å². The van der Waals surface area contributed by atoms with E-state index in [1.54, 1.807) is 13.8 Å².